The van der Waals surface area contributed by atoms with Crippen LogP contribution in [0.15, 0.2) is 65.6 Å². The standard InChI is InChI=1S/C35H44N6O3/c1-3-40-32-16-21-39(24-28-10-12-29(44-2)13-11-28)25-31(32)35(43)41-34(40)30(23-37-41)33(42)36-17-7-18-38-19-14-27(15-20-38)22-26-8-5-4-6-9-26/h4-6,8-13,23,27H,3,7,14-22,24-25H2,1-2H3,(H,36,42). The molecular weight excluding hydrogens is 552 g/mol. The Labute approximate surface area is 259 Å². The number of carbonyl (C=O) groups is 1. The van der Waals surface area contributed by atoms with Crippen LogP contribution in [0.1, 0.15) is 58.9 Å². The average molecular weight is 597 g/mol. The Bertz CT molecular complexity index is 1620. The van der Waals surface area contributed by atoms with Gasteiger partial charge < -0.3 is 19.5 Å². The molecule has 2 aromatic carbocycles. The third-order valence-corrected chi connectivity index (χ3v) is 9.31. The quantitative estimate of drug-likeness (QED) is 0.262. The van der Waals surface area contributed by atoms with E-state index in [0.717, 1.165) is 68.5 Å². The number of rotatable bonds is 11. The Hall–Kier alpha value is -3.95. The van der Waals surface area contributed by atoms with Gasteiger partial charge in [-0.3, -0.25) is 14.5 Å². The lowest BCUT2D eigenvalue weighted by molar-refractivity contribution is 0.0951. The number of aromatic nitrogens is 3. The topological polar surface area (TPSA) is 84.1 Å². The van der Waals surface area contributed by atoms with Crippen LogP contribution in [0, 0.1) is 5.92 Å². The molecule has 0 aliphatic carbocycles. The van der Waals surface area contributed by atoms with Gasteiger partial charge in [0.25, 0.3) is 11.5 Å². The minimum atomic E-state index is -0.167. The van der Waals surface area contributed by atoms with E-state index in [9.17, 15) is 9.59 Å². The molecule has 0 radical (unpaired) electrons. The van der Waals surface area contributed by atoms with Crippen LogP contribution >= 0.6 is 0 Å². The van der Waals surface area contributed by atoms with Crippen LogP contribution in [-0.2, 0) is 32.5 Å². The minimum Gasteiger partial charge on any atom is -0.497 e. The van der Waals surface area contributed by atoms with Gasteiger partial charge in [0.2, 0.25) is 0 Å². The van der Waals surface area contributed by atoms with E-state index in [4.69, 9.17) is 4.74 Å². The van der Waals surface area contributed by atoms with Gasteiger partial charge in [-0.2, -0.15) is 9.61 Å². The van der Waals surface area contributed by atoms with Gasteiger partial charge >= 0.3 is 0 Å². The van der Waals surface area contributed by atoms with Gasteiger partial charge in [0, 0.05) is 44.8 Å². The first-order chi connectivity index (χ1) is 21.5. The lowest BCUT2D eigenvalue weighted by Gasteiger charge is -2.32. The number of hydrogen-bond donors (Lipinski definition) is 1. The zero-order valence-corrected chi connectivity index (χ0v) is 26.0. The number of hydrogen-bond acceptors (Lipinski definition) is 6. The van der Waals surface area contributed by atoms with Gasteiger partial charge in [-0.1, -0.05) is 42.5 Å². The number of nitrogens with one attached hydrogen (secondary N) is 1. The van der Waals surface area contributed by atoms with Crippen LogP contribution in [0.5, 0.6) is 5.75 Å². The zero-order valence-electron chi connectivity index (χ0n) is 26.0. The minimum absolute atomic E-state index is 0.131. The number of aryl methyl sites for hydroxylation is 1. The second-order valence-corrected chi connectivity index (χ2v) is 12.2. The van der Waals surface area contributed by atoms with Crippen molar-refractivity contribution in [2.45, 2.75) is 58.7 Å². The van der Waals surface area contributed by atoms with Gasteiger partial charge in [0.1, 0.15) is 11.3 Å². The van der Waals surface area contributed by atoms with Crippen molar-refractivity contribution >= 4 is 11.6 Å². The Morgan fingerprint density at radius 1 is 1.00 bits per heavy atom. The Morgan fingerprint density at radius 3 is 2.50 bits per heavy atom. The van der Waals surface area contributed by atoms with Gasteiger partial charge in [-0.25, -0.2) is 0 Å². The summed E-state index contributed by atoms with van der Waals surface area (Å²) in [6, 6.07) is 18.8. The SMILES string of the molecule is CCn1c2c(c(=O)n3ncc(C(=O)NCCCN4CCC(Cc5ccccc5)CC4)c13)CN(Cc1ccc(OC)cc1)CC2. The average Bonchev–Trinajstić information content (AvgIpc) is 3.51. The summed E-state index contributed by atoms with van der Waals surface area (Å²) in [5.41, 5.74) is 5.32. The molecule has 9 heteroatoms. The number of ether oxygens (including phenoxy) is 1. The number of nitrogens with zero attached hydrogens (tertiary/aromatic N) is 5. The van der Waals surface area contributed by atoms with Crippen molar-refractivity contribution in [3.05, 3.63) is 99.1 Å². The smallest absolute Gasteiger partial charge is 0.279 e. The zero-order chi connectivity index (χ0) is 30.5. The molecule has 1 N–H and O–H groups in total. The summed E-state index contributed by atoms with van der Waals surface area (Å²) in [4.78, 5) is 31.8. The highest BCUT2D eigenvalue weighted by Gasteiger charge is 2.27. The van der Waals surface area contributed by atoms with Crippen LogP contribution in [-0.4, -0.2) is 69.7 Å². The van der Waals surface area contributed by atoms with E-state index >= 15 is 0 Å². The van der Waals surface area contributed by atoms with Crippen LogP contribution in [0.4, 0.5) is 0 Å². The summed E-state index contributed by atoms with van der Waals surface area (Å²) in [5.74, 6) is 1.42. The molecule has 4 aromatic rings. The molecule has 2 aliphatic rings. The van der Waals surface area contributed by atoms with Crippen molar-refractivity contribution in [2.75, 3.05) is 39.8 Å². The highest BCUT2D eigenvalue weighted by atomic mass is 16.5. The molecule has 9 nitrogen and oxygen atoms in total. The van der Waals surface area contributed by atoms with Crippen molar-refractivity contribution in [3.8, 4) is 5.75 Å². The second-order valence-electron chi connectivity index (χ2n) is 12.2. The first-order valence-corrected chi connectivity index (χ1v) is 16.1. The number of carbonyl (C=O) groups excluding carboxylic acids is 1. The molecule has 0 atom stereocenters. The van der Waals surface area contributed by atoms with Gasteiger partial charge in [-0.15, -0.1) is 0 Å². The Morgan fingerprint density at radius 2 is 1.77 bits per heavy atom. The molecule has 1 fully saturated rings. The molecule has 0 unspecified atom stereocenters. The molecule has 44 heavy (non-hydrogen) atoms. The number of methoxy groups -OCH3 is 1. The molecule has 4 heterocycles. The molecule has 0 bridgehead atoms. The molecule has 2 aromatic heterocycles. The lowest BCUT2D eigenvalue weighted by Crippen LogP contribution is -2.39. The van der Waals surface area contributed by atoms with E-state index in [1.807, 2.05) is 12.1 Å². The third kappa shape index (κ3) is 6.59. The number of fused-ring (bicyclic) bond motifs is 2. The van der Waals surface area contributed by atoms with Crippen LogP contribution < -0.4 is 15.6 Å². The van der Waals surface area contributed by atoms with Gasteiger partial charge in [-0.05, 0) is 81.4 Å². The predicted molar refractivity (Wildman–Crippen MR) is 172 cm³/mol. The maximum atomic E-state index is 13.6. The van der Waals surface area contributed by atoms with E-state index in [1.54, 1.807) is 13.3 Å². The summed E-state index contributed by atoms with van der Waals surface area (Å²) in [7, 11) is 1.67. The fourth-order valence-electron chi connectivity index (χ4n) is 6.89. The summed E-state index contributed by atoms with van der Waals surface area (Å²) < 4.78 is 8.82. The molecular formula is C35H44N6O3. The number of piperidine rings is 1. The van der Waals surface area contributed by atoms with Crippen molar-refractivity contribution in [1.29, 1.82) is 0 Å². The highest BCUT2D eigenvalue weighted by molar-refractivity contribution is 5.99. The van der Waals surface area contributed by atoms with Gasteiger partial charge in [0.05, 0.1) is 18.9 Å². The molecule has 1 saturated heterocycles. The summed E-state index contributed by atoms with van der Waals surface area (Å²) in [5, 5.41) is 7.50. The Kier molecular flexibility index (Phi) is 9.43. The summed E-state index contributed by atoms with van der Waals surface area (Å²) in [6.45, 7) is 8.69. The Balaban J connectivity index is 1.05. The fourth-order valence-corrected chi connectivity index (χ4v) is 6.89. The largest absolute Gasteiger partial charge is 0.497 e. The van der Waals surface area contributed by atoms with Crippen LogP contribution in [0.2, 0.25) is 0 Å². The molecule has 0 spiro atoms. The van der Waals surface area contributed by atoms with Gasteiger partial charge in [0.15, 0.2) is 5.65 Å². The molecule has 6 rings (SSSR count). The van der Waals surface area contributed by atoms with E-state index in [1.165, 1.54) is 34.9 Å². The van der Waals surface area contributed by atoms with Crippen LogP contribution in [0.25, 0.3) is 5.65 Å². The number of likely N-dealkylation sites (tertiary alicyclic amines) is 1. The van der Waals surface area contributed by atoms with E-state index < -0.39 is 0 Å². The first kappa shape index (κ1) is 30.1. The lowest BCUT2D eigenvalue weighted by atomic mass is 9.90. The predicted octanol–water partition coefficient (Wildman–Crippen LogP) is 4.16. The number of amides is 1. The van der Waals surface area contributed by atoms with Crippen molar-refractivity contribution in [1.82, 2.24) is 29.3 Å². The van der Waals surface area contributed by atoms with Crippen molar-refractivity contribution in [2.24, 2.45) is 5.92 Å². The second kappa shape index (κ2) is 13.8. The van der Waals surface area contributed by atoms with E-state index in [0.29, 0.717) is 30.8 Å². The molecule has 1 amide bonds. The van der Waals surface area contributed by atoms with Crippen LogP contribution in [0.3, 0.4) is 0 Å². The highest BCUT2D eigenvalue weighted by Crippen LogP contribution is 2.24. The molecule has 2 aliphatic heterocycles. The van der Waals surface area contributed by atoms with Crippen molar-refractivity contribution in [3.63, 3.8) is 0 Å². The fraction of sp³-hybridized carbons (Fsp3) is 0.457. The number of benzene rings is 2. The normalized spacial score (nSPS) is 16.2. The van der Waals surface area contributed by atoms with E-state index in [-0.39, 0.29) is 11.5 Å². The van der Waals surface area contributed by atoms with Crippen molar-refractivity contribution < 1.29 is 9.53 Å². The summed E-state index contributed by atoms with van der Waals surface area (Å²) in [6.07, 6.45) is 6.81. The maximum absolute atomic E-state index is 13.6. The first-order valence-electron chi connectivity index (χ1n) is 16.1. The maximum Gasteiger partial charge on any atom is 0.279 e. The van der Waals surface area contributed by atoms with E-state index in [2.05, 4.69) is 74.2 Å². The molecule has 0 saturated carbocycles. The monoisotopic (exact) mass is 596 g/mol. The third-order valence-electron chi connectivity index (χ3n) is 9.31. The molecule has 232 valence electrons. The summed E-state index contributed by atoms with van der Waals surface area (Å²) >= 11 is 0.